The van der Waals surface area contributed by atoms with Gasteiger partial charge in [-0.3, -0.25) is 4.90 Å². The normalized spacial score (nSPS) is 41.0. The molecular weight excluding hydrogens is 174 g/mol. The van der Waals surface area contributed by atoms with Gasteiger partial charge >= 0.3 is 0 Å². The molecule has 72 valence electrons. The fourth-order valence-corrected chi connectivity index (χ4v) is 2.76. The summed E-state index contributed by atoms with van der Waals surface area (Å²) in [5.41, 5.74) is 0. The first-order valence-corrected chi connectivity index (χ1v) is 4.75. The molecule has 2 unspecified atom stereocenters. The summed E-state index contributed by atoms with van der Waals surface area (Å²) in [5.74, 6) is 0. The molecular formula is C9H18ClNO. The number of aliphatic hydroxyl groups excluding tert-OH is 1. The molecule has 2 fully saturated rings. The first kappa shape index (κ1) is 10.3. The maximum Gasteiger partial charge on any atom is 0.0570 e. The predicted octanol–water partition coefficient (Wildman–Crippen LogP) is 1.42. The zero-order valence-corrected chi connectivity index (χ0v) is 8.39. The molecule has 0 aliphatic carbocycles. The summed E-state index contributed by atoms with van der Waals surface area (Å²) in [5, 5.41) is 9.48. The lowest BCUT2D eigenvalue weighted by atomic mass is 10.0. The van der Waals surface area contributed by atoms with Crippen LogP contribution in [0, 0.1) is 0 Å². The van der Waals surface area contributed by atoms with Gasteiger partial charge in [-0.2, -0.15) is 0 Å². The van der Waals surface area contributed by atoms with E-state index in [9.17, 15) is 5.11 Å². The van der Waals surface area contributed by atoms with E-state index in [-0.39, 0.29) is 18.5 Å². The molecule has 0 spiro atoms. The van der Waals surface area contributed by atoms with Crippen LogP contribution >= 0.6 is 12.4 Å². The summed E-state index contributed by atoms with van der Waals surface area (Å²) < 4.78 is 0. The maximum atomic E-state index is 9.48. The van der Waals surface area contributed by atoms with Crippen LogP contribution in [0.25, 0.3) is 0 Å². The van der Waals surface area contributed by atoms with E-state index < -0.39 is 0 Å². The fourth-order valence-electron chi connectivity index (χ4n) is 2.76. The van der Waals surface area contributed by atoms with Crippen molar-refractivity contribution in [2.75, 3.05) is 6.54 Å². The lowest BCUT2D eigenvalue weighted by Gasteiger charge is -2.36. The van der Waals surface area contributed by atoms with Gasteiger partial charge in [0.05, 0.1) is 6.10 Å². The van der Waals surface area contributed by atoms with E-state index >= 15 is 0 Å². The molecule has 2 atom stereocenters. The summed E-state index contributed by atoms with van der Waals surface area (Å²) >= 11 is 0. The zero-order valence-electron chi connectivity index (χ0n) is 7.57. The molecule has 0 aromatic carbocycles. The second-order valence-corrected chi connectivity index (χ2v) is 3.84. The summed E-state index contributed by atoms with van der Waals surface area (Å²) in [4.78, 5) is 2.56. The van der Waals surface area contributed by atoms with Crippen molar-refractivity contribution in [2.24, 2.45) is 0 Å². The summed E-state index contributed by atoms with van der Waals surface area (Å²) in [7, 11) is 0. The third-order valence-electron chi connectivity index (χ3n) is 3.22. The minimum atomic E-state index is -0.00435. The Bertz CT molecular complexity index is 139. The van der Waals surface area contributed by atoms with E-state index in [1.165, 1.54) is 19.4 Å². The Morgan fingerprint density at radius 1 is 1.25 bits per heavy atom. The topological polar surface area (TPSA) is 23.5 Å². The highest BCUT2D eigenvalue weighted by molar-refractivity contribution is 5.85. The van der Waals surface area contributed by atoms with Crippen molar-refractivity contribution in [3.8, 4) is 0 Å². The van der Waals surface area contributed by atoms with Crippen LogP contribution in [0.4, 0.5) is 0 Å². The summed E-state index contributed by atoms with van der Waals surface area (Å²) in [6.45, 7) is 3.39. The van der Waals surface area contributed by atoms with Crippen molar-refractivity contribution >= 4 is 12.4 Å². The van der Waals surface area contributed by atoms with Crippen molar-refractivity contribution in [3.63, 3.8) is 0 Å². The van der Waals surface area contributed by atoms with Crippen LogP contribution < -0.4 is 0 Å². The molecule has 0 aromatic rings. The summed E-state index contributed by atoms with van der Waals surface area (Å²) in [6.07, 6.45) is 4.66. The third kappa shape index (κ3) is 1.61. The number of hydrogen-bond donors (Lipinski definition) is 1. The van der Waals surface area contributed by atoms with Gasteiger partial charge < -0.3 is 5.11 Å². The lowest BCUT2D eigenvalue weighted by Crippen LogP contribution is -2.44. The van der Waals surface area contributed by atoms with Gasteiger partial charge in [0, 0.05) is 12.1 Å². The number of halogens is 1. The average molecular weight is 192 g/mol. The van der Waals surface area contributed by atoms with Crippen molar-refractivity contribution in [2.45, 2.75) is 50.8 Å². The SMILES string of the molecule is CCN1C2CCC1CC(O)C2.Cl. The van der Waals surface area contributed by atoms with Gasteiger partial charge in [-0.15, -0.1) is 12.4 Å². The second-order valence-electron chi connectivity index (χ2n) is 3.84. The molecule has 0 aromatic heterocycles. The molecule has 2 saturated heterocycles. The first-order valence-electron chi connectivity index (χ1n) is 4.75. The van der Waals surface area contributed by atoms with E-state index in [1.54, 1.807) is 0 Å². The molecule has 0 radical (unpaired) electrons. The number of hydrogen-bond acceptors (Lipinski definition) is 2. The van der Waals surface area contributed by atoms with Crippen LogP contribution in [-0.4, -0.2) is 34.7 Å². The highest BCUT2D eigenvalue weighted by atomic mass is 35.5. The molecule has 3 heteroatoms. The molecule has 12 heavy (non-hydrogen) atoms. The molecule has 2 bridgehead atoms. The zero-order chi connectivity index (χ0) is 7.84. The van der Waals surface area contributed by atoms with Crippen LogP contribution in [0.2, 0.25) is 0 Å². The Morgan fingerprint density at radius 2 is 1.75 bits per heavy atom. The van der Waals surface area contributed by atoms with Crippen LogP contribution in [0.15, 0.2) is 0 Å². The van der Waals surface area contributed by atoms with E-state index in [4.69, 9.17) is 0 Å². The Hall–Kier alpha value is 0.210. The van der Waals surface area contributed by atoms with Crippen molar-refractivity contribution < 1.29 is 5.11 Å². The number of nitrogens with zero attached hydrogens (tertiary/aromatic N) is 1. The number of aliphatic hydroxyl groups is 1. The second kappa shape index (κ2) is 3.95. The Balaban J connectivity index is 0.000000720. The highest BCUT2D eigenvalue weighted by Crippen LogP contribution is 2.34. The van der Waals surface area contributed by atoms with Crippen molar-refractivity contribution in [1.82, 2.24) is 4.90 Å². The first-order chi connectivity index (χ1) is 5.31. The fraction of sp³-hybridized carbons (Fsp3) is 1.00. The van der Waals surface area contributed by atoms with E-state index in [1.807, 2.05) is 0 Å². The monoisotopic (exact) mass is 191 g/mol. The quantitative estimate of drug-likeness (QED) is 0.678. The predicted molar refractivity (Wildman–Crippen MR) is 51.7 cm³/mol. The smallest absolute Gasteiger partial charge is 0.0570 e. The van der Waals surface area contributed by atoms with E-state index in [0.29, 0.717) is 12.1 Å². The Kier molecular flexibility index (Phi) is 3.38. The van der Waals surface area contributed by atoms with Crippen LogP contribution in [0.3, 0.4) is 0 Å². The number of rotatable bonds is 1. The van der Waals surface area contributed by atoms with E-state index in [2.05, 4.69) is 11.8 Å². The maximum absolute atomic E-state index is 9.48. The highest BCUT2D eigenvalue weighted by Gasteiger charge is 2.38. The minimum Gasteiger partial charge on any atom is -0.393 e. The van der Waals surface area contributed by atoms with Gasteiger partial charge in [-0.05, 0) is 32.2 Å². The minimum absolute atomic E-state index is 0. The van der Waals surface area contributed by atoms with Crippen molar-refractivity contribution in [3.05, 3.63) is 0 Å². The van der Waals surface area contributed by atoms with Crippen LogP contribution in [-0.2, 0) is 0 Å². The van der Waals surface area contributed by atoms with Gasteiger partial charge in [0.1, 0.15) is 0 Å². The van der Waals surface area contributed by atoms with Gasteiger partial charge in [-0.25, -0.2) is 0 Å². The average Bonchev–Trinajstić information content (AvgIpc) is 2.23. The molecule has 2 aliphatic heterocycles. The molecule has 2 aliphatic rings. The Morgan fingerprint density at radius 3 is 2.17 bits per heavy atom. The van der Waals surface area contributed by atoms with Crippen LogP contribution in [0.1, 0.15) is 32.6 Å². The van der Waals surface area contributed by atoms with Crippen molar-refractivity contribution in [1.29, 1.82) is 0 Å². The molecule has 2 heterocycles. The molecule has 2 nitrogen and oxygen atoms in total. The molecule has 2 rings (SSSR count). The van der Waals surface area contributed by atoms with Gasteiger partial charge in [0.2, 0.25) is 0 Å². The van der Waals surface area contributed by atoms with Crippen LogP contribution in [0.5, 0.6) is 0 Å². The van der Waals surface area contributed by atoms with Gasteiger partial charge in [-0.1, -0.05) is 6.92 Å². The molecule has 1 N–H and O–H groups in total. The molecule has 0 saturated carbocycles. The third-order valence-corrected chi connectivity index (χ3v) is 3.22. The standard InChI is InChI=1S/C9H17NO.ClH/c1-2-10-7-3-4-8(10)6-9(11)5-7;/h7-9,11H,2-6H2,1H3;1H. The van der Waals surface area contributed by atoms with Gasteiger partial charge in [0.15, 0.2) is 0 Å². The Labute approximate surface area is 80.4 Å². The number of piperidine rings is 1. The largest absolute Gasteiger partial charge is 0.393 e. The summed E-state index contributed by atoms with van der Waals surface area (Å²) in [6, 6.07) is 1.41. The number of fused-ring (bicyclic) bond motifs is 2. The van der Waals surface area contributed by atoms with E-state index in [0.717, 1.165) is 12.8 Å². The molecule has 0 amide bonds. The van der Waals surface area contributed by atoms with Gasteiger partial charge in [0.25, 0.3) is 0 Å². The lowest BCUT2D eigenvalue weighted by molar-refractivity contribution is 0.0387.